The van der Waals surface area contributed by atoms with Crippen molar-refractivity contribution in [2.45, 2.75) is 77.7 Å². The van der Waals surface area contributed by atoms with Gasteiger partial charge in [0.05, 0.1) is 5.75 Å². The molecule has 1 rings (SSSR count). The lowest BCUT2D eigenvalue weighted by Gasteiger charge is -2.12. The maximum absolute atomic E-state index is 12.1. The third-order valence-electron chi connectivity index (χ3n) is 4.74. The molecule has 152 valence electrons. The molecule has 0 aromatic heterocycles. The second-order valence-electron chi connectivity index (χ2n) is 7.17. The Labute approximate surface area is 165 Å². The molecule has 1 unspecified atom stereocenters. The van der Waals surface area contributed by atoms with Gasteiger partial charge in [-0.1, -0.05) is 63.3 Å². The molecule has 5 nitrogen and oxygen atoms in total. The fraction of sp³-hybridized carbons (Fsp3) is 0.619. The number of benzene rings is 1. The summed E-state index contributed by atoms with van der Waals surface area (Å²) in [7, 11) is -3.46. The number of hydrogen-bond acceptors (Lipinski definition) is 5. The second kappa shape index (κ2) is 12.8. The first kappa shape index (κ1) is 23.5. The molecule has 1 atom stereocenters. The van der Waals surface area contributed by atoms with Gasteiger partial charge in [0.25, 0.3) is 0 Å². The minimum absolute atomic E-state index is 0.0352. The molecule has 1 aromatic carbocycles. The van der Waals surface area contributed by atoms with Crippen molar-refractivity contribution in [2.24, 2.45) is 15.9 Å². The van der Waals surface area contributed by atoms with E-state index in [-0.39, 0.29) is 10.8 Å². The van der Waals surface area contributed by atoms with Crippen LogP contribution in [-0.2, 0) is 22.7 Å². The first-order valence-electron chi connectivity index (χ1n) is 9.95. The van der Waals surface area contributed by atoms with E-state index in [1.165, 1.54) is 56.6 Å². The summed E-state index contributed by atoms with van der Waals surface area (Å²) in [5.41, 5.74) is 8.56. The van der Waals surface area contributed by atoms with Crippen LogP contribution in [0, 0.1) is 0 Å². The number of hydrogen-bond donors (Lipinski definition) is 1. The summed E-state index contributed by atoms with van der Waals surface area (Å²) in [5.74, 6) is -0.117. The topological polar surface area (TPSA) is 84.9 Å². The van der Waals surface area contributed by atoms with E-state index < -0.39 is 15.9 Å². The highest BCUT2D eigenvalue weighted by Gasteiger charge is 2.19. The summed E-state index contributed by atoms with van der Waals surface area (Å²) in [6.07, 6.45) is 10.4. The highest BCUT2D eigenvalue weighted by atomic mass is 32.2. The van der Waals surface area contributed by atoms with Gasteiger partial charge in [-0.15, -0.1) is 5.10 Å². The smallest absolute Gasteiger partial charge is 0.194 e. The molecule has 0 aliphatic heterocycles. The lowest BCUT2D eigenvalue weighted by molar-refractivity contribution is 0.589. The first-order valence-corrected chi connectivity index (χ1v) is 11.6. The maximum atomic E-state index is 12.1. The minimum Gasteiger partial charge on any atom is -0.327 e. The SMILES string of the molecule is C=N/N=C(\C)S(=O)(=O)CC(N)CCc1ccc(CCCCCCCC)cc1. The Balaban J connectivity index is 2.36. The Kier molecular flexibility index (Phi) is 11.1. The van der Waals surface area contributed by atoms with E-state index in [9.17, 15) is 8.42 Å². The summed E-state index contributed by atoms with van der Waals surface area (Å²) < 4.78 is 24.1. The van der Waals surface area contributed by atoms with Crippen molar-refractivity contribution >= 4 is 21.6 Å². The molecule has 0 amide bonds. The van der Waals surface area contributed by atoms with Gasteiger partial charge in [-0.2, -0.15) is 5.10 Å². The van der Waals surface area contributed by atoms with Crippen molar-refractivity contribution in [3.8, 4) is 0 Å². The zero-order chi connectivity index (χ0) is 20.1. The Hall–Kier alpha value is -1.53. The molecule has 0 radical (unpaired) electrons. The van der Waals surface area contributed by atoms with Crippen molar-refractivity contribution in [1.29, 1.82) is 0 Å². The molecule has 0 saturated carbocycles. The molecule has 0 aliphatic rings. The van der Waals surface area contributed by atoms with E-state index in [1.54, 1.807) is 0 Å². The van der Waals surface area contributed by atoms with E-state index in [4.69, 9.17) is 5.73 Å². The van der Waals surface area contributed by atoms with Gasteiger partial charge in [-0.3, -0.25) is 0 Å². The van der Waals surface area contributed by atoms with Crippen LogP contribution < -0.4 is 5.73 Å². The monoisotopic (exact) mass is 393 g/mol. The van der Waals surface area contributed by atoms with Crippen LogP contribution in [0.2, 0.25) is 0 Å². The quantitative estimate of drug-likeness (QED) is 0.235. The number of unbranched alkanes of at least 4 members (excludes halogenated alkanes) is 5. The van der Waals surface area contributed by atoms with Crippen LogP contribution in [0.25, 0.3) is 0 Å². The van der Waals surface area contributed by atoms with Crippen molar-refractivity contribution < 1.29 is 8.42 Å². The van der Waals surface area contributed by atoms with Gasteiger partial charge in [-0.05, 0) is 43.7 Å². The molecule has 27 heavy (non-hydrogen) atoms. The minimum atomic E-state index is -3.46. The highest BCUT2D eigenvalue weighted by molar-refractivity contribution is 8.06. The van der Waals surface area contributed by atoms with Gasteiger partial charge in [0.1, 0.15) is 0 Å². The maximum Gasteiger partial charge on any atom is 0.194 e. The molecule has 0 heterocycles. The largest absolute Gasteiger partial charge is 0.327 e. The van der Waals surface area contributed by atoms with Gasteiger partial charge < -0.3 is 5.73 Å². The fourth-order valence-electron chi connectivity index (χ4n) is 2.98. The van der Waals surface area contributed by atoms with Crippen LogP contribution in [0.15, 0.2) is 34.5 Å². The Morgan fingerprint density at radius 2 is 1.59 bits per heavy atom. The fourth-order valence-corrected chi connectivity index (χ4v) is 4.14. The average Bonchev–Trinajstić information content (AvgIpc) is 2.63. The summed E-state index contributed by atoms with van der Waals surface area (Å²) in [6, 6.07) is 8.18. The van der Waals surface area contributed by atoms with Crippen LogP contribution in [0.4, 0.5) is 0 Å². The lowest BCUT2D eigenvalue weighted by Crippen LogP contribution is -2.32. The predicted octanol–water partition coefficient (Wildman–Crippen LogP) is 4.30. The third kappa shape index (κ3) is 9.82. The van der Waals surface area contributed by atoms with Crippen LogP contribution in [0.1, 0.15) is 69.9 Å². The Morgan fingerprint density at radius 3 is 2.19 bits per heavy atom. The first-order chi connectivity index (χ1) is 12.9. The highest BCUT2D eigenvalue weighted by Crippen LogP contribution is 2.13. The summed E-state index contributed by atoms with van der Waals surface area (Å²) in [5, 5.41) is 6.74. The molecule has 6 heteroatoms. The average molecular weight is 394 g/mol. The second-order valence-corrected chi connectivity index (χ2v) is 9.33. The van der Waals surface area contributed by atoms with Crippen LogP contribution >= 0.6 is 0 Å². The van der Waals surface area contributed by atoms with Gasteiger partial charge in [0, 0.05) is 12.8 Å². The lowest BCUT2D eigenvalue weighted by atomic mass is 10.0. The third-order valence-corrected chi connectivity index (χ3v) is 6.59. The Morgan fingerprint density at radius 1 is 1.04 bits per heavy atom. The normalized spacial score (nSPS) is 13.5. The molecule has 0 fully saturated rings. The van der Waals surface area contributed by atoms with E-state index in [0.717, 1.165) is 12.8 Å². The van der Waals surface area contributed by atoms with E-state index in [0.29, 0.717) is 6.42 Å². The summed E-state index contributed by atoms with van der Waals surface area (Å²) >= 11 is 0. The Bertz CT molecular complexity index is 682. The van der Waals surface area contributed by atoms with E-state index >= 15 is 0 Å². The van der Waals surface area contributed by atoms with E-state index in [2.05, 4.69) is 48.1 Å². The number of nitrogens with zero attached hydrogens (tertiary/aromatic N) is 2. The molecular formula is C21H35N3O2S. The molecule has 0 spiro atoms. The molecule has 0 saturated heterocycles. The molecule has 0 bridgehead atoms. The van der Waals surface area contributed by atoms with Gasteiger partial charge >= 0.3 is 0 Å². The summed E-state index contributed by atoms with van der Waals surface area (Å²) in [4.78, 5) is 0. The van der Waals surface area contributed by atoms with E-state index in [1.807, 2.05) is 0 Å². The van der Waals surface area contributed by atoms with Crippen molar-refractivity contribution in [3.05, 3.63) is 35.4 Å². The van der Waals surface area contributed by atoms with Gasteiger partial charge in [0.15, 0.2) is 14.9 Å². The van der Waals surface area contributed by atoms with Crippen LogP contribution in [-0.4, -0.2) is 32.0 Å². The number of aryl methyl sites for hydroxylation is 2. The zero-order valence-electron chi connectivity index (χ0n) is 16.9. The number of rotatable bonds is 13. The van der Waals surface area contributed by atoms with Crippen molar-refractivity contribution in [2.75, 3.05) is 5.75 Å². The molecular weight excluding hydrogens is 358 g/mol. The predicted molar refractivity (Wildman–Crippen MR) is 116 cm³/mol. The van der Waals surface area contributed by atoms with Gasteiger partial charge in [0.2, 0.25) is 0 Å². The van der Waals surface area contributed by atoms with Gasteiger partial charge in [-0.25, -0.2) is 8.42 Å². The molecule has 2 N–H and O–H groups in total. The number of nitrogens with two attached hydrogens (primary N) is 1. The van der Waals surface area contributed by atoms with Crippen molar-refractivity contribution in [3.63, 3.8) is 0 Å². The molecule has 1 aromatic rings. The van der Waals surface area contributed by atoms with Crippen LogP contribution in [0.5, 0.6) is 0 Å². The van der Waals surface area contributed by atoms with Crippen molar-refractivity contribution in [1.82, 2.24) is 0 Å². The van der Waals surface area contributed by atoms with Crippen LogP contribution in [0.3, 0.4) is 0 Å². The zero-order valence-corrected chi connectivity index (χ0v) is 17.7. The standard InChI is InChI=1S/C21H35N3O2S/c1-4-5-6-7-8-9-10-19-11-13-20(14-12-19)15-16-21(22)17-27(25,26)18(2)24-23-3/h11-14,21H,3-10,15-17,22H2,1-2H3/b24-18+. The summed E-state index contributed by atoms with van der Waals surface area (Å²) in [6.45, 7) is 6.83. The number of sulfone groups is 1. The molecule has 0 aliphatic carbocycles.